The Morgan fingerprint density at radius 2 is 1.73 bits per heavy atom. The Bertz CT molecular complexity index is 1160. The number of esters is 1. The number of hydrogen-bond donors (Lipinski definition) is 2. The van der Waals surface area contributed by atoms with Gasteiger partial charge in [0.15, 0.2) is 0 Å². The number of anilines is 1. The van der Waals surface area contributed by atoms with E-state index in [0.717, 1.165) is 12.8 Å². The molecule has 1 aromatic rings. The molecule has 0 saturated carbocycles. The van der Waals surface area contributed by atoms with E-state index in [0.29, 0.717) is 18.4 Å². The van der Waals surface area contributed by atoms with E-state index in [1.807, 2.05) is 20.8 Å². The largest absolute Gasteiger partial charge is 0.493 e. The molecule has 0 aliphatic heterocycles. The van der Waals surface area contributed by atoms with E-state index in [1.165, 1.54) is 41.8 Å². The summed E-state index contributed by atoms with van der Waals surface area (Å²) in [5, 5.41) is 10.4. The van der Waals surface area contributed by atoms with Crippen molar-refractivity contribution in [2.24, 2.45) is 5.84 Å². The van der Waals surface area contributed by atoms with Crippen LogP contribution in [0.25, 0.3) is 0 Å². The van der Waals surface area contributed by atoms with Crippen LogP contribution >= 0.6 is 0 Å². The standard InChI is InChI=1S/C14H18F2O5.C13H13FN2.C5H10.C2H6/c1-4-12(21-6-5-11(18)13(15)16)10(14(19)20-3)7-9(2)8-17;1-3-5-12(6-4-2)16(15)13-9-7-11(14)8-10-13;1-4-5(2)3;1-2/h4,7-8,11,13,18H,1,5-6H2,2-3H3;1,4,6-10H,2,5,15H2;4H,1-3H3;1-2H3/b9-7+,12-10-;12-6-;;. The number of carbonyl (C=O) groups excluding carboxylic acids is 2. The zero-order chi connectivity index (χ0) is 34.7. The number of rotatable bonds is 13. The van der Waals surface area contributed by atoms with Crippen molar-refractivity contribution in [3.05, 3.63) is 102 Å². The van der Waals surface area contributed by atoms with Gasteiger partial charge in [-0.1, -0.05) is 44.7 Å². The van der Waals surface area contributed by atoms with Crippen LogP contribution in [0.2, 0.25) is 0 Å². The van der Waals surface area contributed by atoms with Crippen LogP contribution in [0.4, 0.5) is 18.9 Å². The molecule has 0 amide bonds. The Morgan fingerprint density at radius 1 is 1.18 bits per heavy atom. The summed E-state index contributed by atoms with van der Waals surface area (Å²) in [6.45, 7) is 18.5. The van der Waals surface area contributed by atoms with Gasteiger partial charge in [-0.05, 0) is 75.8 Å². The van der Waals surface area contributed by atoms with Gasteiger partial charge < -0.3 is 14.6 Å². The van der Waals surface area contributed by atoms with Crippen LogP contribution in [0.3, 0.4) is 0 Å². The molecule has 244 valence electrons. The number of aliphatic hydroxyl groups excluding tert-OH is 1. The van der Waals surface area contributed by atoms with Crippen molar-refractivity contribution in [1.29, 1.82) is 0 Å². The fourth-order valence-corrected chi connectivity index (χ4v) is 2.50. The van der Waals surface area contributed by atoms with E-state index in [4.69, 9.17) is 22.1 Å². The minimum Gasteiger partial charge on any atom is -0.493 e. The van der Waals surface area contributed by atoms with Crippen LogP contribution in [-0.4, -0.2) is 43.6 Å². The molecule has 0 spiro atoms. The summed E-state index contributed by atoms with van der Waals surface area (Å²) in [6, 6.07) is 5.86. The number of ether oxygens (including phenoxy) is 2. The van der Waals surface area contributed by atoms with Gasteiger partial charge in [-0.25, -0.2) is 23.8 Å². The zero-order valence-corrected chi connectivity index (χ0v) is 26.8. The highest BCUT2D eigenvalue weighted by molar-refractivity contribution is 5.94. The molecular weight excluding hydrogens is 573 g/mol. The molecule has 7 nitrogen and oxygen atoms in total. The normalized spacial score (nSPS) is 11.6. The molecule has 1 unspecified atom stereocenters. The molecule has 1 rings (SSSR count). The number of carbonyl (C=O) groups is 2. The molecule has 0 heterocycles. The second-order valence-corrected chi connectivity index (χ2v) is 8.51. The molecule has 0 aliphatic carbocycles. The number of benzene rings is 1. The third-order valence-electron chi connectivity index (χ3n) is 4.96. The lowest BCUT2D eigenvalue weighted by Gasteiger charge is -2.20. The van der Waals surface area contributed by atoms with Crippen LogP contribution in [0, 0.1) is 18.2 Å². The zero-order valence-electron chi connectivity index (χ0n) is 26.8. The lowest BCUT2D eigenvalue weighted by molar-refractivity contribution is -0.136. The van der Waals surface area contributed by atoms with E-state index in [9.17, 15) is 22.8 Å². The number of aldehydes is 1. The highest BCUT2D eigenvalue weighted by Gasteiger charge is 2.18. The van der Waals surface area contributed by atoms with Gasteiger partial charge in [0.25, 0.3) is 6.43 Å². The maximum Gasteiger partial charge on any atom is 0.341 e. The van der Waals surface area contributed by atoms with Gasteiger partial charge in [-0.3, -0.25) is 9.80 Å². The maximum atomic E-state index is 12.7. The first-order valence-corrected chi connectivity index (χ1v) is 13.7. The van der Waals surface area contributed by atoms with Crippen molar-refractivity contribution < 1.29 is 37.3 Å². The van der Waals surface area contributed by atoms with Crippen molar-refractivity contribution in [1.82, 2.24) is 0 Å². The monoisotopic (exact) mass is 620 g/mol. The van der Waals surface area contributed by atoms with Crippen LogP contribution < -0.4 is 10.9 Å². The molecule has 0 aliphatic rings. The first-order valence-electron chi connectivity index (χ1n) is 13.7. The van der Waals surface area contributed by atoms with Gasteiger partial charge in [-0.15, -0.1) is 12.3 Å². The summed E-state index contributed by atoms with van der Waals surface area (Å²) < 4.78 is 46.7. The van der Waals surface area contributed by atoms with Crippen LogP contribution in [0.1, 0.15) is 54.4 Å². The molecule has 1 aromatic carbocycles. The average Bonchev–Trinajstić information content (AvgIpc) is 3.03. The third kappa shape index (κ3) is 20.5. The molecule has 1 atom stereocenters. The van der Waals surface area contributed by atoms with Crippen LogP contribution in [0.15, 0.2) is 96.0 Å². The fourth-order valence-electron chi connectivity index (χ4n) is 2.50. The van der Waals surface area contributed by atoms with Crippen molar-refractivity contribution in [3.63, 3.8) is 0 Å². The predicted molar refractivity (Wildman–Crippen MR) is 173 cm³/mol. The Balaban J connectivity index is -0.000000643. The van der Waals surface area contributed by atoms with Crippen LogP contribution in [-0.2, 0) is 19.1 Å². The first-order chi connectivity index (χ1) is 20.8. The number of allylic oxidation sites excluding steroid dienone is 7. The molecule has 0 aromatic heterocycles. The van der Waals surface area contributed by atoms with Gasteiger partial charge >= 0.3 is 5.97 Å². The molecule has 0 bridgehead atoms. The summed E-state index contributed by atoms with van der Waals surface area (Å²) in [4.78, 5) is 22.2. The Labute approximate surface area is 260 Å². The lowest BCUT2D eigenvalue weighted by Crippen LogP contribution is -2.29. The third-order valence-corrected chi connectivity index (χ3v) is 4.96. The summed E-state index contributed by atoms with van der Waals surface area (Å²) in [5.41, 5.74) is 2.95. The number of methoxy groups -OCH3 is 1. The number of terminal acetylenes is 1. The molecule has 0 fully saturated rings. The fraction of sp³-hybridized carbons (Fsp3) is 0.353. The molecule has 3 N–H and O–H groups in total. The highest BCUT2D eigenvalue weighted by Crippen LogP contribution is 2.18. The molecule has 0 saturated heterocycles. The van der Waals surface area contributed by atoms with Crippen LogP contribution in [0.5, 0.6) is 0 Å². The maximum absolute atomic E-state index is 12.7. The number of aliphatic hydroxyl groups is 1. The molecule has 10 heteroatoms. The summed E-state index contributed by atoms with van der Waals surface area (Å²) in [7, 11) is 1.15. The van der Waals surface area contributed by atoms with E-state index >= 15 is 0 Å². The number of nitrogens with two attached hydrogens (primary N) is 1. The Morgan fingerprint density at radius 3 is 2.11 bits per heavy atom. The minimum atomic E-state index is -2.87. The van der Waals surface area contributed by atoms with Gasteiger partial charge in [0.05, 0.1) is 25.8 Å². The Hall–Kier alpha value is -4.33. The second-order valence-electron chi connectivity index (χ2n) is 8.51. The van der Waals surface area contributed by atoms with Crippen molar-refractivity contribution in [3.8, 4) is 12.3 Å². The number of alkyl halides is 2. The summed E-state index contributed by atoms with van der Waals surface area (Å²) >= 11 is 0. The van der Waals surface area contributed by atoms with E-state index in [-0.39, 0.29) is 35.8 Å². The topological polar surface area (TPSA) is 102 Å². The van der Waals surface area contributed by atoms with Gasteiger partial charge in [0.2, 0.25) is 0 Å². The lowest BCUT2D eigenvalue weighted by atomic mass is 10.1. The number of hydrazine groups is 1. The number of hydrogen-bond acceptors (Lipinski definition) is 7. The van der Waals surface area contributed by atoms with Crippen molar-refractivity contribution in [2.75, 3.05) is 18.7 Å². The molecule has 0 radical (unpaired) electrons. The predicted octanol–water partition coefficient (Wildman–Crippen LogP) is 7.38. The second kappa shape index (κ2) is 27.5. The highest BCUT2D eigenvalue weighted by atomic mass is 19.3. The van der Waals surface area contributed by atoms with E-state index in [1.54, 1.807) is 24.3 Å². The summed E-state index contributed by atoms with van der Waals surface area (Å²) in [6.07, 6.45) is 8.99. The van der Waals surface area contributed by atoms with E-state index < -0.39 is 18.5 Å². The number of halogens is 3. The number of nitrogens with zero attached hydrogens (tertiary/aromatic N) is 1. The SMILES string of the molecule is C#CC/C(=C/C=C)N(N)c1ccc(F)cc1.C=C/C(OCCC(O)C(F)F)=C(\C=C(/C)C=O)C(=O)OC.CC.CC=C(C)C. The quantitative estimate of drug-likeness (QED) is 0.0273. The van der Waals surface area contributed by atoms with Gasteiger partial charge in [0, 0.05) is 12.1 Å². The first kappa shape index (κ1) is 44.1. The average molecular weight is 621 g/mol. The Kier molecular flexibility index (Phi) is 27.6. The minimum absolute atomic E-state index is 0.0236. The van der Waals surface area contributed by atoms with Crippen molar-refractivity contribution >= 4 is 17.9 Å². The van der Waals surface area contributed by atoms with Gasteiger partial charge in [-0.2, -0.15) is 0 Å². The van der Waals surface area contributed by atoms with Crippen molar-refractivity contribution in [2.45, 2.75) is 66.9 Å². The molecule has 44 heavy (non-hydrogen) atoms. The van der Waals surface area contributed by atoms with E-state index in [2.05, 4.69) is 43.7 Å². The summed E-state index contributed by atoms with van der Waals surface area (Å²) in [5.74, 6) is 7.27. The smallest absolute Gasteiger partial charge is 0.341 e. The van der Waals surface area contributed by atoms with Gasteiger partial charge in [0.1, 0.15) is 29.5 Å². The molecular formula is C34H47F3N2O5.